The van der Waals surface area contributed by atoms with E-state index < -0.39 is 5.25 Å². The summed E-state index contributed by atoms with van der Waals surface area (Å²) in [5.74, 6) is 0.334. The number of hydrogen-bond donors (Lipinski definition) is 1. The van der Waals surface area contributed by atoms with E-state index in [4.69, 9.17) is 16.3 Å². The Balaban J connectivity index is 1.72. The zero-order valence-corrected chi connectivity index (χ0v) is 17.1. The molecule has 0 radical (unpaired) electrons. The van der Waals surface area contributed by atoms with Gasteiger partial charge in [0.15, 0.2) is 5.17 Å². The quantitative estimate of drug-likeness (QED) is 0.786. The molecule has 1 unspecified atom stereocenters. The van der Waals surface area contributed by atoms with Crippen LogP contribution in [0.3, 0.4) is 0 Å². The molecule has 2 aromatic rings. The number of aliphatic imine (C=N–C) groups is 1. The van der Waals surface area contributed by atoms with Crippen LogP contribution in [0, 0.1) is 0 Å². The third kappa shape index (κ3) is 5.05. The minimum atomic E-state index is -0.562. The Morgan fingerprint density at radius 2 is 2.07 bits per heavy atom. The van der Waals surface area contributed by atoms with Crippen molar-refractivity contribution in [1.82, 2.24) is 4.90 Å². The van der Waals surface area contributed by atoms with Crippen LogP contribution < -0.4 is 10.1 Å². The highest BCUT2D eigenvalue weighted by Crippen LogP contribution is 2.29. The van der Waals surface area contributed by atoms with Crippen LogP contribution in [0.25, 0.3) is 0 Å². The lowest BCUT2D eigenvalue weighted by Gasteiger charge is -2.28. The van der Waals surface area contributed by atoms with Crippen molar-refractivity contribution in [2.24, 2.45) is 4.99 Å². The van der Waals surface area contributed by atoms with Gasteiger partial charge in [-0.05, 0) is 49.4 Å². The van der Waals surface area contributed by atoms with Crippen LogP contribution in [-0.4, -0.2) is 40.8 Å². The Morgan fingerprint density at radius 1 is 1.32 bits per heavy atom. The Bertz CT molecular complexity index is 902. The zero-order valence-electron chi connectivity index (χ0n) is 15.5. The molecule has 2 amide bonds. The van der Waals surface area contributed by atoms with Crippen molar-refractivity contribution in [3.05, 3.63) is 53.6 Å². The normalized spacial score (nSPS) is 18.2. The maximum absolute atomic E-state index is 12.7. The molecule has 146 valence electrons. The second kappa shape index (κ2) is 9.12. The van der Waals surface area contributed by atoms with Gasteiger partial charge in [0.25, 0.3) is 0 Å². The fourth-order valence-electron chi connectivity index (χ4n) is 2.58. The highest BCUT2D eigenvalue weighted by Gasteiger charge is 2.34. The summed E-state index contributed by atoms with van der Waals surface area (Å²) in [6.45, 7) is 2.49. The maximum Gasteiger partial charge on any atom is 0.238 e. The third-order valence-corrected chi connectivity index (χ3v) is 5.50. The van der Waals surface area contributed by atoms with Gasteiger partial charge in [-0.15, -0.1) is 0 Å². The van der Waals surface area contributed by atoms with Crippen molar-refractivity contribution in [2.75, 3.05) is 19.0 Å². The largest absolute Gasteiger partial charge is 0.494 e. The van der Waals surface area contributed by atoms with Crippen LogP contribution in [0.15, 0.2) is 53.5 Å². The molecule has 0 aliphatic carbocycles. The Labute approximate surface area is 172 Å². The van der Waals surface area contributed by atoms with E-state index in [-0.39, 0.29) is 18.2 Å². The van der Waals surface area contributed by atoms with Crippen LogP contribution in [0.1, 0.15) is 13.3 Å². The van der Waals surface area contributed by atoms with Gasteiger partial charge in [0.05, 0.1) is 12.3 Å². The van der Waals surface area contributed by atoms with Crippen molar-refractivity contribution < 1.29 is 14.3 Å². The number of hydrogen-bond acceptors (Lipinski definition) is 5. The van der Waals surface area contributed by atoms with E-state index in [0.717, 1.165) is 5.75 Å². The van der Waals surface area contributed by atoms with Gasteiger partial charge in [-0.25, -0.2) is 4.99 Å². The number of rotatable bonds is 5. The second-order valence-corrected chi connectivity index (χ2v) is 7.69. The minimum absolute atomic E-state index is 0.110. The average Bonchev–Trinajstić information content (AvgIpc) is 2.67. The summed E-state index contributed by atoms with van der Waals surface area (Å²) in [5, 5.41) is 3.31. The first-order chi connectivity index (χ1) is 13.5. The molecule has 1 atom stereocenters. The molecule has 0 saturated carbocycles. The molecule has 1 heterocycles. The monoisotopic (exact) mass is 417 g/mol. The summed E-state index contributed by atoms with van der Waals surface area (Å²) in [6, 6.07) is 14.2. The Kier molecular flexibility index (Phi) is 6.59. The highest BCUT2D eigenvalue weighted by atomic mass is 35.5. The van der Waals surface area contributed by atoms with Crippen molar-refractivity contribution in [1.29, 1.82) is 0 Å². The molecule has 1 aliphatic rings. The number of nitrogens with zero attached hydrogens (tertiary/aromatic N) is 2. The average molecular weight is 418 g/mol. The van der Waals surface area contributed by atoms with E-state index in [2.05, 4.69) is 10.3 Å². The first kappa shape index (κ1) is 20.2. The molecule has 0 aromatic heterocycles. The van der Waals surface area contributed by atoms with Gasteiger partial charge < -0.3 is 10.1 Å². The summed E-state index contributed by atoms with van der Waals surface area (Å²) in [4.78, 5) is 31.0. The number of nitrogens with one attached hydrogen (secondary N) is 1. The summed E-state index contributed by atoms with van der Waals surface area (Å²) in [7, 11) is 1.65. The fraction of sp³-hybridized carbons (Fsp3) is 0.250. The molecule has 3 rings (SSSR count). The van der Waals surface area contributed by atoms with E-state index in [1.807, 2.05) is 6.92 Å². The first-order valence-electron chi connectivity index (χ1n) is 8.77. The Hall–Kier alpha value is -2.51. The summed E-state index contributed by atoms with van der Waals surface area (Å²) in [5.41, 5.74) is 1.27. The smallest absolute Gasteiger partial charge is 0.238 e. The number of anilines is 1. The van der Waals surface area contributed by atoms with E-state index in [1.165, 1.54) is 16.7 Å². The topological polar surface area (TPSA) is 71.0 Å². The summed E-state index contributed by atoms with van der Waals surface area (Å²) < 4.78 is 5.39. The summed E-state index contributed by atoms with van der Waals surface area (Å²) in [6.07, 6.45) is 0.110. The molecule has 28 heavy (non-hydrogen) atoms. The second-order valence-electron chi connectivity index (χ2n) is 6.08. The molecule has 1 fully saturated rings. The summed E-state index contributed by atoms with van der Waals surface area (Å²) >= 11 is 7.26. The molecule has 8 heteroatoms. The molecule has 1 N–H and O–H groups in total. The molecule has 1 aliphatic heterocycles. The predicted molar refractivity (Wildman–Crippen MR) is 114 cm³/mol. The van der Waals surface area contributed by atoms with Crippen LogP contribution in [-0.2, 0) is 9.59 Å². The number of carbonyl (C=O) groups is 2. The van der Waals surface area contributed by atoms with Crippen molar-refractivity contribution in [2.45, 2.75) is 18.6 Å². The number of amides is 2. The lowest BCUT2D eigenvalue weighted by atomic mass is 10.2. The van der Waals surface area contributed by atoms with Crippen molar-refractivity contribution in [3.63, 3.8) is 0 Å². The molecular weight excluding hydrogens is 398 g/mol. The van der Waals surface area contributed by atoms with Crippen LogP contribution in [0.2, 0.25) is 5.02 Å². The van der Waals surface area contributed by atoms with Gasteiger partial charge in [-0.2, -0.15) is 0 Å². The molecule has 2 aromatic carbocycles. The van der Waals surface area contributed by atoms with Crippen LogP contribution in [0.5, 0.6) is 5.75 Å². The molecule has 0 spiro atoms. The molecule has 6 nitrogen and oxygen atoms in total. The van der Waals surface area contributed by atoms with Gasteiger partial charge in [-0.3, -0.25) is 14.5 Å². The first-order valence-corrected chi connectivity index (χ1v) is 10.0. The highest BCUT2D eigenvalue weighted by molar-refractivity contribution is 8.15. The number of ether oxygens (including phenoxy) is 1. The lowest BCUT2D eigenvalue weighted by Crippen LogP contribution is -2.43. The number of carbonyl (C=O) groups excluding carboxylic acids is 2. The SMILES string of the molecule is CCOc1ccc(NC(=O)C2CC(=O)N(C)C(=Nc3cccc(Cl)c3)S2)cc1. The number of halogens is 1. The zero-order chi connectivity index (χ0) is 20.1. The van der Waals surface area contributed by atoms with Gasteiger partial charge in [0, 0.05) is 24.2 Å². The molecular formula is C20H20ClN3O3S. The van der Waals surface area contributed by atoms with Gasteiger partial charge in [0.2, 0.25) is 11.8 Å². The molecule has 1 saturated heterocycles. The standard InChI is InChI=1S/C20H20ClN3O3S/c1-3-27-16-9-7-14(8-10-16)22-19(26)17-12-18(25)24(2)20(28-17)23-15-6-4-5-13(21)11-15/h4-11,17H,3,12H2,1-2H3,(H,22,26). The third-order valence-electron chi connectivity index (χ3n) is 4.03. The van der Waals surface area contributed by atoms with Crippen molar-refractivity contribution in [3.8, 4) is 5.75 Å². The molecule has 0 bridgehead atoms. The lowest BCUT2D eigenvalue weighted by molar-refractivity contribution is -0.128. The van der Waals surface area contributed by atoms with Crippen molar-refractivity contribution >= 4 is 51.7 Å². The van der Waals surface area contributed by atoms with E-state index in [1.54, 1.807) is 55.6 Å². The van der Waals surface area contributed by atoms with Crippen LogP contribution >= 0.6 is 23.4 Å². The van der Waals surface area contributed by atoms with Gasteiger partial charge in [-0.1, -0.05) is 29.4 Å². The van der Waals surface area contributed by atoms with E-state index in [0.29, 0.717) is 28.2 Å². The van der Waals surface area contributed by atoms with Gasteiger partial charge in [0.1, 0.15) is 11.0 Å². The number of amidine groups is 1. The van der Waals surface area contributed by atoms with E-state index >= 15 is 0 Å². The predicted octanol–water partition coefficient (Wildman–Crippen LogP) is 4.33. The van der Waals surface area contributed by atoms with E-state index in [9.17, 15) is 9.59 Å². The van der Waals surface area contributed by atoms with Gasteiger partial charge >= 0.3 is 0 Å². The van der Waals surface area contributed by atoms with Crippen LogP contribution in [0.4, 0.5) is 11.4 Å². The minimum Gasteiger partial charge on any atom is -0.494 e. The maximum atomic E-state index is 12.7. The fourth-order valence-corrected chi connectivity index (χ4v) is 3.83. The Morgan fingerprint density at radius 3 is 2.75 bits per heavy atom. The number of thioether (sulfide) groups is 1. The number of benzene rings is 2.